The largest absolute Gasteiger partial charge is 0.354 e. The van der Waals surface area contributed by atoms with E-state index in [0.717, 1.165) is 23.3 Å². The molecule has 28 heavy (non-hydrogen) atoms. The number of hydrogen-bond donors (Lipinski definition) is 1. The molecule has 0 aliphatic carbocycles. The number of aromatic amines is 1. The molecule has 1 aliphatic rings. The third-order valence-corrected chi connectivity index (χ3v) is 5.67. The van der Waals surface area contributed by atoms with Crippen LogP contribution in [0.4, 0.5) is 5.82 Å². The first kappa shape index (κ1) is 20.1. The summed E-state index contributed by atoms with van der Waals surface area (Å²) in [5.74, 6) is 0.650. The zero-order valence-corrected chi connectivity index (χ0v) is 17.4. The fraction of sp³-hybridized carbons (Fsp3) is 0.619. The van der Waals surface area contributed by atoms with Gasteiger partial charge in [-0.3, -0.25) is 4.79 Å². The van der Waals surface area contributed by atoms with E-state index < -0.39 is 5.92 Å². The second-order valence-electron chi connectivity index (χ2n) is 9.11. The Morgan fingerprint density at radius 2 is 2.21 bits per heavy atom. The van der Waals surface area contributed by atoms with Crippen molar-refractivity contribution in [1.29, 1.82) is 5.26 Å². The van der Waals surface area contributed by atoms with Gasteiger partial charge in [0.1, 0.15) is 23.7 Å². The molecule has 3 atom stereocenters. The molecular weight excluding hydrogens is 352 g/mol. The van der Waals surface area contributed by atoms with Crippen LogP contribution in [-0.4, -0.2) is 51.9 Å². The molecule has 7 heteroatoms. The Morgan fingerprint density at radius 1 is 1.46 bits per heavy atom. The lowest BCUT2D eigenvalue weighted by Crippen LogP contribution is -2.54. The van der Waals surface area contributed by atoms with Crippen LogP contribution in [0.25, 0.3) is 11.0 Å². The lowest BCUT2D eigenvalue weighted by molar-refractivity contribution is -0.136. The van der Waals surface area contributed by atoms with Gasteiger partial charge in [0.2, 0.25) is 5.91 Å². The number of hydrogen-bond acceptors (Lipinski definition) is 5. The molecule has 1 saturated heterocycles. The van der Waals surface area contributed by atoms with Crippen LogP contribution in [0, 0.1) is 28.6 Å². The Balaban J connectivity index is 1.80. The van der Waals surface area contributed by atoms with Gasteiger partial charge in [0.05, 0.1) is 17.5 Å². The van der Waals surface area contributed by atoms with Crippen LogP contribution in [0.5, 0.6) is 0 Å². The fourth-order valence-electron chi connectivity index (χ4n) is 4.07. The highest BCUT2D eigenvalue weighted by Gasteiger charge is 2.36. The predicted octanol–water partition coefficient (Wildman–Crippen LogP) is 3.21. The van der Waals surface area contributed by atoms with E-state index in [-0.39, 0.29) is 17.4 Å². The monoisotopic (exact) mass is 382 g/mol. The number of H-pyrrole nitrogens is 1. The summed E-state index contributed by atoms with van der Waals surface area (Å²) in [6.07, 6.45) is 4.91. The first-order chi connectivity index (χ1) is 13.2. The molecule has 3 unspecified atom stereocenters. The number of rotatable bonds is 4. The van der Waals surface area contributed by atoms with Gasteiger partial charge in [-0.2, -0.15) is 5.26 Å². The molecule has 1 amide bonds. The number of carbonyl (C=O) groups excluding carboxylic acids is 1. The third kappa shape index (κ3) is 4.11. The van der Waals surface area contributed by atoms with Gasteiger partial charge in [-0.25, -0.2) is 9.97 Å². The Hall–Kier alpha value is -2.62. The molecule has 0 saturated carbocycles. The SMILES string of the molecule is CC1CCN(C(=O)C(C#N)CC(C)(C)C)CC1N(C)c1ncnc2[nH]ccc12. The van der Waals surface area contributed by atoms with Crippen molar-refractivity contribution in [1.82, 2.24) is 19.9 Å². The average Bonchev–Trinajstić information content (AvgIpc) is 3.13. The van der Waals surface area contributed by atoms with Gasteiger partial charge in [-0.1, -0.05) is 27.7 Å². The van der Waals surface area contributed by atoms with Crippen LogP contribution in [0.1, 0.15) is 40.5 Å². The second kappa shape index (κ2) is 7.78. The number of anilines is 1. The molecule has 1 aliphatic heterocycles. The molecule has 2 aromatic rings. The number of aromatic nitrogens is 3. The zero-order chi connectivity index (χ0) is 20.5. The minimum atomic E-state index is -0.588. The van der Waals surface area contributed by atoms with Gasteiger partial charge in [-0.05, 0) is 30.2 Å². The van der Waals surface area contributed by atoms with Crippen LogP contribution < -0.4 is 4.90 Å². The molecule has 0 bridgehead atoms. The van der Waals surface area contributed by atoms with E-state index in [1.54, 1.807) is 6.33 Å². The van der Waals surface area contributed by atoms with Gasteiger partial charge < -0.3 is 14.8 Å². The molecule has 150 valence electrons. The third-order valence-electron chi connectivity index (χ3n) is 5.67. The average molecular weight is 383 g/mol. The number of nitrogens with one attached hydrogen (secondary N) is 1. The lowest BCUT2D eigenvalue weighted by Gasteiger charge is -2.43. The number of likely N-dealkylation sites (N-methyl/N-ethyl adjacent to an activating group) is 1. The van der Waals surface area contributed by atoms with Gasteiger partial charge in [-0.15, -0.1) is 0 Å². The number of likely N-dealkylation sites (tertiary alicyclic amines) is 1. The molecule has 7 nitrogen and oxygen atoms in total. The van der Waals surface area contributed by atoms with Crippen molar-refractivity contribution in [3.8, 4) is 6.07 Å². The Morgan fingerprint density at radius 3 is 2.89 bits per heavy atom. The molecule has 1 fully saturated rings. The van der Waals surface area contributed by atoms with Crippen LogP contribution >= 0.6 is 0 Å². The van der Waals surface area contributed by atoms with Crippen LogP contribution in [0.3, 0.4) is 0 Å². The maximum absolute atomic E-state index is 13.0. The molecule has 3 rings (SSSR count). The summed E-state index contributed by atoms with van der Waals surface area (Å²) < 4.78 is 0. The molecule has 1 N–H and O–H groups in total. The first-order valence-corrected chi connectivity index (χ1v) is 9.90. The highest BCUT2D eigenvalue weighted by Crippen LogP contribution is 2.30. The maximum atomic E-state index is 13.0. The number of nitrogens with zero attached hydrogens (tertiary/aromatic N) is 5. The van der Waals surface area contributed by atoms with Crippen molar-refractivity contribution in [2.45, 2.75) is 46.6 Å². The first-order valence-electron chi connectivity index (χ1n) is 9.90. The van der Waals surface area contributed by atoms with Crippen LogP contribution in [-0.2, 0) is 4.79 Å². The van der Waals surface area contributed by atoms with E-state index in [2.05, 4.69) is 53.6 Å². The summed E-state index contributed by atoms with van der Waals surface area (Å²) in [5, 5.41) is 10.5. The highest BCUT2D eigenvalue weighted by molar-refractivity contribution is 5.87. The van der Waals surface area contributed by atoms with E-state index in [0.29, 0.717) is 25.4 Å². The highest BCUT2D eigenvalue weighted by atomic mass is 16.2. The van der Waals surface area contributed by atoms with Crippen molar-refractivity contribution >= 4 is 22.8 Å². The fourth-order valence-corrected chi connectivity index (χ4v) is 4.07. The quantitative estimate of drug-likeness (QED) is 0.877. The molecule has 2 aromatic heterocycles. The summed E-state index contributed by atoms with van der Waals surface area (Å²) in [5.41, 5.74) is 0.749. The molecule has 0 spiro atoms. The number of piperidine rings is 1. The second-order valence-corrected chi connectivity index (χ2v) is 9.11. The number of carbonyl (C=O) groups is 1. The van der Waals surface area contributed by atoms with Crippen molar-refractivity contribution < 1.29 is 4.79 Å². The summed E-state index contributed by atoms with van der Waals surface area (Å²) in [6.45, 7) is 9.73. The summed E-state index contributed by atoms with van der Waals surface area (Å²) in [4.78, 5) is 29.0. The van der Waals surface area contributed by atoms with E-state index in [9.17, 15) is 10.1 Å². The number of fused-ring (bicyclic) bond motifs is 1. The minimum absolute atomic E-state index is 0.0443. The summed E-state index contributed by atoms with van der Waals surface area (Å²) >= 11 is 0. The number of amides is 1. The van der Waals surface area contributed by atoms with Crippen molar-refractivity contribution in [2.75, 3.05) is 25.0 Å². The van der Waals surface area contributed by atoms with Gasteiger partial charge >= 0.3 is 0 Å². The van der Waals surface area contributed by atoms with E-state index in [1.165, 1.54) is 0 Å². The normalized spacial score (nSPS) is 21.4. The molecule has 0 radical (unpaired) electrons. The predicted molar refractivity (Wildman–Crippen MR) is 110 cm³/mol. The van der Waals surface area contributed by atoms with Crippen molar-refractivity contribution in [3.63, 3.8) is 0 Å². The summed E-state index contributed by atoms with van der Waals surface area (Å²) in [6, 6.07) is 4.35. The van der Waals surface area contributed by atoms with Crippen LogP contribution in [0.15, 0.2) is 18.6 Å². The number of nitriles is 1. The van der Waals surface area contributed by atoms with Crippen LogP contribution in [0.2, 0.25) is 0 Å². The smallest absolute Gasteiger partial charge is 0.240 e. The standard InChI is InChI=1S/C21H30N6O/c1-14-7-9-27(20(28)15(11-22)10-21(2,3)4)12-17(14)26(5)19-16-6-8-23-18(16)24-13-25-19/h6,8,13-15,17H,7,9-10,12H2,1-5H3,(H,23,24,25). The molecule has 3 heterocycles. The van der Waals surface area contributed by atoms with Gasteiger partial charge in [0, 0.05) is 26.3 Å². The Labute approximate surface area is 166 Å². The topological polar surface area (TPSA) is 88.9 Å². The maximum Gasteiger partial charge on any atom is 0.240 e. The minimum Gasteiger partial charge on any atom is -0.354 e. The summed E-state index contributed by atoms with van der Waals surface area (Å²) in [7, 11) is 2.03. The van der Waals surface area contributed by atoms with Crippen molar-refractivity contribution in [2.24, 2.45) is 17.3 Å². The Kier molecular flexibility index (Phi) is 5.59. The van der Waals surface area contributed by atoms with E-state index in [1.807, 2.05) is 24.2 Å². The Bertz CT molecular complexity index is 877. The van der Waals surface area contributed by atoms with E-state index >= 15 is 0 Å². The lowest BCUT2D eigenvalue weighted by atomic mass is 9.84. The van der Waals surface area contributed by atoms with Gasteiger partial charge in [0.15, 0.2) is 0 Å². The van der Waals surface area contributed by atoms with Crippen molar-refractivity contribution in [3.05, 3.63) is 18.6 Å². The van der Waals surface area contributed by atoms with E-state index in [4.69, 9.17) is 0 Å². The zero-order valence-electron chi connectivity index (χ0n) is 17.4. The molecular formula is C21H30N6O. The molecule has 0 aromatic carbocycles. The van der Waals surface area contributed by atoms with Gasteiger partial charge in [0.25, 0.3) is 0 Å².